The smallest absolute Gasteiger partial charge is 0.257 e. The molecule has 7 nitrogen and oxygen atoms in total. The number of anilines is 2. The van der Waals surface area contributed by atoms with Gasteiger partial charge in [0.1, 0.15) is 0 Å². The van der Waals surface area contributed by atoms with Gasteiger partial charge in [0, 0.05) is 23.9 Å². The number of sulfonamides is 1. The van der Waals surface area contributed by atoms with Crippen LogP contribution in [0.3, 0.4) is 0 Å². The number of rotatable bonds is 4. The van der Waals surface area contributed by atoms with Crippen molar-refractivity contribution in [2.24, 2.45) is 0 Å². The number of hydrogen-bond donors (Lipinski definition) is 2. The van der Waals surface area contributed by atoms with E-state index < -0.39 is 10.0 Å². The molecular formula is C17H22N4O3S. The molecule has 25 heavy (non-hydrogen) atoms. The average Bonchev–Trinajstić information content (AvgIpc) is 3.13. The zero-order chi connectivity index (χ0) is 18.2. The Bertz CT molecular complexity index is 902. The molecule has 1 aliphatic heterocycles. The van der Waals surface area contributed by atoms with Gasteiger partial charge in [-0.15, -0.1) is 0 Å². The van der Waals surface area contributed by atoms with Gasteiger partial charge in [-0.2, -0.15) is 5.10 Å². The minimum absolute atomic E-state index is 0.172. The molecule has 2 heterocycles. The predicted octanol–water partition coefficient (Wildman–Crippen LogP) is 2.63. The molecule has 2 N–H and O–H groups in total. The Balaban J connectivity index is 1.79. The Labute approximate surface area is 147 Å². The number of aryl methyl sites for hydroxylation is 1. The molecular weight excluding hydrogens is 340 g/mol. The van der Waals surface area contributed by atoms with Crippen molar-refractivity contribution in [2.75, 3.05) is 21.9 Å². The second kappa shape index (κ2) is 6.51. The number of carbonyl (C=O) groups is 1. The van der Waals surface area contributed by atoms with Crippen molar-refractivity contribution in [1.82, 2.24) is 10.2 Å². The Morgan fingerprint density at radius 3 is 2.64 bits per heavy atom. The van der Waals surface area contributed by atoms with Gasteiger partial charge >= 0.3 is 0 Å². The van der Waals surface area contributed by atoms with Gasteiger partial charge in [0.15, 0.2) is 5.82 Å². The number of nitrogens with one attached hydrogen (secondary N) is 2. The minimum atomic E-state index is -3.23. The van der Waals surface area contributed by atoms with Crippen molar-refractivity contribution < 1.29 is 13.2 Å². The standard InChI is InChI=1S/C17H22N4O3S/c1-11(2)15-10-16(20-19-15)18-17(22)14-6-5-13(9-12(14)3)21-7-4-8-25(21,23)24/h5-6,9-11H,4,7-8H2,1-3H3,(H2,18,19,20,22). The van der Waals surface area contributed by atoms with Crippen molar-refractivity contribution in [3.63, 3.8) is 0 Å². The van der Waals surface area contributed by atoms with E-state index in [1.54, 1.807) is 25.1 Å². The van der Waals surface area contributed by atoms with Gasteiger partial charge in [-0.3, -0.25) is 14.2 Å². The van der Waals surface area contributed by atoms with Crippen molar-refractivity contribution in [3.8, 4) is 0 Å². The highest BCUT2D eigenvalue weighted by atomic mass is 32.2. The van der Waals surface area contributed by atoms with Crippen LogP contribution in [0.25, 0.3) is 0 Å². The summed E-state index contributed by atoms with van der Waals surface area (Å²) in [5.41, 5.74) is 2.76. The van der Waals surface area contributed by atoms with Crippen molar-refractivity contribution in [1.29, 1.82) is 0 Å². The monoisotopic (exact) mass is 362 g/mol. The second-order valence-corrected chi connectivity index (χ2v) is 8.57. The highest BCUT2D eigenvalue weighted by molar-refractivity contribution is 7.93. The van der Waals surface area contributed by atoms with Crippen LogP contribution in [0.4, 0.5) is 11.5 Å². The van der Waals surface area contributed by atoms with E-state index in [1.165, 1.54) is 4.31 Å². The fourth-order valence-electron chi connectivity index (χ4n) is 2.87. The van der Waals surface area contributed by atoms with Crippen LogP contribution in [0.15, 0.2) is 24.3 Å². The number of amides is 1. The number of carbonyl (C=O) groups excluding carboxylic acids is 1. The number of aromatic nitrogens is 2. The highest BCUT2D eigenvalue weighted by Crippen LogP contribution is 2.26. The van der Waals surface area contributed by atoms with Crippen LogP contribution in [0.2, 0.25) is 0 Å². The molecule has 0 spiro atoms. The Morgan fingerprint density at radius 1 is 1.32 bits per heavy atom. The van der Waals surface area contributed by atoms with Gasteiger partial charge in [-0.05, 0) is 43.0 Å². The third-order valence-electron chi connectivity index (χ3n) is 4.30. The molecule has 0 saturated carbocycles. The lowest BCUT2D eigenvalue weighted by Crippen LogP contribution is -2.25. The molecule has 0 aliphatic carbocycles. The molecule has 1 saturated heterocycles. The summed E-state index contributed by atoms with van der Waals surface area (Å²) in [4.78, 5) is 12.5. The molecule has 2 aromatic rings. The number of H-pyrrole nitrogens is 1. The lowest BCUT2D eigenvalue weighted by Gasteiger charge is -2.18. The van der Waals surface area contributed by atoms with Gasteiger partial charge in [0.25, 0.3) is 5.91 Å². The third kappa shape index (κ3) is 3.53. The minimum Gasteiger partial charge on any atom is -0.305 e. The van der Waals surface area contributed by atoms with E-state index in [0.29, 0.717) is 36.0 Å². The second-order valence-electron chi connectivity index (χ2n) is 6.56. The molecule has 0 bridgehead atoms. The topological polar surface area (TPSA) is 95.2 Å². The van der Waals surface area contributed by atoms with Gasteiger partial charge in [0.05, 0.1) is 11.4 Å². The summed E-state index contributed by atoms with van der Waals surface area (Å²) in [6.07, 6.45) is 0.626. The lowest BCUT2D eigenvalue weighted by atomic mass is 10.1. The number of benzene rings is 1. The SMILES string of the molecule is Cc1cc(N2CCCS2(=O)=O)ccc1C(=O)Nc1cc(C(C)C)[nH]n1. The van der Waals surface area contributed by atoms with E-state index in [9.17, 15) is 13.2 Å². The van der Waals surface area contributed by atoms with E-state index in [1.807, 2.05) is 19.9 Å². The molecule has 134 valence electrons. The first-order chi connectivity index (χ1) is 11.8. The first-order valence-corrected chi connectivity index (χ1v) is 9.86. The van der Waals surface area contributed by atoms with Gasteiger partial charge in [-0.1, -0.05) is 13.8 Å². The number of aromatic amines is 1. The van der Waals surface area contributed by atoms with Crippen LogP contribution >= 0.6 is 0 Å². The Morgan fingerprint density at radius 2 is 2.08 bits per heavy atom. The number of nitrogens with zero attached hydrogens (tertiary/aromatic N) is 2. The third-order valence-corrected chi connectivity index (χ3v) is 6.17. The summed E-state index contributed by atoms with van der Waals surface area (Å²) in [7, 11) is -3.23. The molecule has 8 heteroatoms. The van der Waals surface area contributed by atoms with Crippen molar-refractivity contribution in [2.45, 2.75) is 33.1 Å². The molecule has 1 aliphatic rings. The zero-order valence-electron chi connectivity index (χ0n) is 14.5. The van der Waals surface area contributed by atoms with Crippen LogP contribution < -0.4 is 9.62 Å². The molecule has 3 rings (SSSR count). The maximum Gasteiger partial charge on any atom is 0.257 e. The summed E-state index contributed by atoms with van der Waals surface area (Å²) in [6, 6.07) is 6.88. The van der Waals surface area contributed by atoms with E-state index in [0.717, 1.165) is 11.3 Å². The summed E-state index contributed by atoms with van der Waals surface area (Å²) >= 11 is 0. The summed E-state index contributed by atoms with van der Waals surface area (Å²) < 4.78 is 25.5. The van der Waals surface area contributed by atoms with Crippen LogP contribution in [0.1, 0.15) is 47.8 Å². The number of hydrogen-bond acceptors (Lipinski definition) is 4. The highest BCUT2D eigenvalue weighted by Gasteiger charge is 2.28. The molecule has 0 atom stereocenters. The van der Waals surface area contributed by atoms with Crippen LogP contribution in [0.5, 0.6) is 0 Å². The maximum absolute atomic E-state index is 12.5. The van der Waals surface area contributed by atoms with Crippen molar-refractivity contribution >= 4 is 27.4 Å². The fraction of sp³-hybridized carbons (Fsp3) is 0.412. The molecule has 1 aromatic carbocycles. The Hall–Kier alpha value is -2.35. The summed E-state index contributed by atoms with van der Waals surface area (Å²) in [6.45, 7) is 6.35. The average molecular weight is 362 g/mol. The van der Waals surface area contributed by atoms with Crippen LogP contribution in [-0.4, -0.2) is 36.8 Å². The molecule has 1 aromatic heterocycles. The summed E-state index contributed by atoms with van der Waals surface area (Å²) in [5.74, 6) is 0.669. The normalized spacial score (nSPS) is 16.4. The zero-order valence-corrected chi connectivity index (χ0v) is 15.4. The van der Waals surface area contributed by atoms with Crippen LogP contribution in [-0.2, 0) is 10.0 Å². The fourth-order valence-corrected chi connectivity index (χ4v) is 4.42. The molecule has 1 fully saturated rings. The van der Waals surface area contributed by atoms with E-state index in [2.05, 4.69) is 15.5 Å². The maximum atomic E-state index is 12.5. The predicted molar refractivity (Wildman–Crippen MR) is 97.6 cm³/mol. The van der Waals surface area contributed by atoms with Gasteiger partial charge in [-0.25, -0.2) is 8.42 Å². The largest absolute Gasteiger partial charge is 0.305 e. The molecule has 0 unspecified atom stereocenters. The molecule has 0 radical (unpaired) electrons. The van der Waals surface area contributed by atoms with E-state index in [4.69, 9.17) is 0 Å². The van der Waals surface area contributed by atoms with Crippen LogP contribution in [0, 0.1) is 6.92 Å². The lowest BCUT2D eigenvalue weighted by molar-refractivity contribution is 0.102. The van der Waals surface area contributed by atoms with Gasteiger partial charge < -0.3 is 5.32 Å². The van der Waals surface area contributed by atoms with Gasteiger partial charge in [0.2, 0.25) is 10.0 Å². The first kappa shape index (κ1) is 17.5. The first-order valence-electron chi connectivity index (χ1n) is 8.25. The quantitative estimate of drug-likeness (QED) is 0.874. The summed E-state index contributed by atoms with van der Waals surface area (Å²) in [5, 5.41) is 9.75. The Kier molecular flexibility index (Phi) is 4.55. The van der Waals surface area contributed by atoms with Crippen molar-refractivity contribution in [3.05, 3.63) is 41.1 Å². The van der Waals surface area contributed by atoms with E-state index in [-0.39, 0.29) is 11.7 Å². The molecule has 1 amide bonds. The van der Waals surface area contributed by atoms with E-state index >= 15 is 0 Å².